The first-order valence-electron chi connectivity index (χ1n) is 5.87. The highest BCUT2D eigenvalue weighted by Crippen LogP contribution is 2.21. The highest BCUT2D eigenvalue weighted by atomic mass is 79.9. The number of rotatable bonds is 5. The van der Waals surface area contributed by atoms with Gasteiger partial charge in [-0.05, 0) is 35.0 Å². The molecule has 0 aliphatic rings. The van der Waals surface area contributed by atoms with Gasteiger partial charge < -0.3 is 15.2 Å². The van der Waals surface area contributed by atoms with E-state index in [2.05, 4.69) is 31.7 Å². The van der Waals surface area contributed by atoms with Crippen molar-refractivity contribution in [2.45, 2.75) is 13.3 Å². The lowest BCUT2D eigenvalue weighted by molar-refractivity contribution is -0.115. The van der Waals surface area contributed by atoms with Crippen LogP contribution in [0, 0.1) is 6.92 Å². The van der Waals surface area contributed by atoms with Crippen molar-refractivity contribution in [3.05, 3.63) is 40.6 Å². The Bertz CT molecular complexity index is 569. The Labute approximate surface area is 119 Å². The summed E-state index contributed by atoms with van der Waals surface area (Å²) < 4.78 is 5.78. The van der Waals surface area contributed by atoms with E-state index >= 15 is 0 Å². The molecule has 100 valence electrons. The van der Waals surface area contributed by atoms with E-state index in [1.165, 1.54) is 0 Å². The van der Waals surface area contributed by atoms with Gasteiger partial charge >= 0.3 is 0 Å². The maximum atomic E-state index is 11.7. The van der Waals surface area contributed by atoms with Crippen LogP contribution in [0.25, 0.3) is 0 Å². The van der Waals surface area contributed by atoms with Crippen molar-refractivity contribution >= 4 is 33.3 Å². The highest BCUT2D eigenvalue weighted by Gasteiger charge is 2.05. The lowest BCUT2D eigenvalue weighted by Crippen LogP contribution is -2.16. The molecule has 0 atom stereocenters. The van der Waals surface area contributed by atoms with Crippen molar-refractivity contribution in [2.24, 2.45) is 0 Å². The summed E-state index contributed by atoms with van der Waals surface area (Å²) in [4.78, 5) is 11.7. The number of hydrogen-bond acceptors (Lipinski definition) is 4. The van der Waals surface area contributed by atoms with Gasteiger partial charge in [0.1, 0.15) is 5.76 Å². The van der Waals surface area contributed by atoms with E-state index < -0.39 is 0 Å². The second-order valence-electron chi connectivity index (χ2n) is 4.03. The summed E-state index contributed by atoms with van der Waals surface area (Å²) in [6.45, 7) is 2.32. The lowest BCUT2D eigenvalue weighted by atomic mass is 10.3. The highest BCUT2D eigenvalue weighted by molar-refractivity contribution is 9.10. The monoisotopic (exact) mass is 323 g/mol. The molecule has 0 saturated heterocycles. The molecule has 1 heterocycles. The Morgan fingerprint density at radius 1 is 1.42 bits per heavy atom. The molecule has 6 heteroatoms. The van der Waals surface area contributed by atoms with Gasteiger partial charge in [-0.15, -0.1) is 0 Å². The van der Waals surface area contributed by atoms with Gasteiger partial charge in [-0.25, -0.2) is 0 Å². The van der Waals surface area contributed by atoms with Gasteiger partial charge in [0.15, 0.2) is 5.82 Å². The van der Waals surface area contributed by atoms with Crippen molar-refractivity contribution in [2.75, 3.05) is 17.2 Å². The number of halogens is 1. The maximum Gasteiger partial charge on any atom is 0.226 e. The molecule has 0 unspecified atom stereocenters. The molecule has 0 radical (unpaired) electrons. The fourth-order valence-corrected chi connectivity index (χ4v) is 1.91. The fourth-order valence-electron chi connectivity index (χ4n) is 1.53. The Balaban J connectivity index is 1.77. The average molecular weight is 324 g/mol. The minimum absolute atomic E-state index is 0.0559. The largest absolute Gasteiger partial charge is 0.367 e. The molecule has 0 spiro atoms. The number of aryl methyl sites for hydroxylation is 1. The second kappa shape index (κ2) is 6.38. The quantitative estimate of drug-likeness (QED) is 0.886. The summed E-state index contributed by atoms with van der Waals surface area (Å²) in [5.41, 5.74) is 0.768. The number of anilines is 2. The topological polar surface area (TPSA) is 67.2 Å². The summed E-state index contributed by atoms with van der Waals surface area (Å²) in [5.74, 6) is 1.32. The SMILES string of the molecule is Cc1cc(NCCC(=O)Nc2ccccc2Br)no1. The molecular weight excluding hydrogens is 310 g/mol. The number of carbonyl (C=O) groups excluding carboxylic acids is 1. The normalized spacial score (nSPS) is 10.2. The standard InChI is InChI=1S/C13H14BrN3O2/c1-9-8-12(17-19-9)15-7-6-13(18)16-11-5-3-2-4-10(11)14/h2-5,8H,6-7H2,1H3,(H,15,17)(H,16,18). The number of carbonyl (C=O) groups is 1. The van der Waals surface area contributed by atoms with Crippen molar-refractivity contribution < 1.29 is 9.32 Å². The number of benzene rings is 1. The van der Waals surface area contributed by atoms with Crippen molar-refractivity contribution in [1.82, 2.24) is 5.16 Å². The van der Waals surface area contributed by atoms with E-state index in [0.717, 1.165) is 15.9 Å². The predicted octanol–water partition coefficient (Wildman–Crippen LogP) is 3.19. The third-order valence-corrected chi connectivity index (χ3v) is 3.13. The van der Waals surface area contributed by atoms with Gasteiger partial charge in [-0.3, -0.25) is 4.79 Å². The molecule has 0 aliphatic carbocycles. The Morgan fingerprint density at radius 3 is 2.89 bits per heavy atom. The van der Waals surface area contributed by atoms with Crippen molar-refractivity contribution in [3.8, 4) is 0 Å². The first-order chi connectivity index (χ1) is 9.15. The van der Waals surface area contributed by atoms with Crippen LogP contribution in [0.3, 0.4) is 0 Å². The zero-order valence-electron chi connectivity index (χ0n) is 10.4. The molecule has 0 aliphatic heterocycles. The molecule has 1 aromatic carbocycles. The predicted molar refractivity (Wildman–Crippen MR) is 77.1 cm³/mol. The van der Waals surface area contributed by atoms with Gasteiger partial charge in [0.05, 0.1) is 5.69 Å². The van der Waals surface area contributed by atoms with Crippen LogP contribution in [-0.2, 0) is 4.79 Å². The summed E-state index contributed by atoms with van der Waals surface area (Å²) in [6, 6.07) is 9.28. The van der Waals surface area contributed by atoms with Crippen LogP contribution in [-0.4, -0.2) is 17.6 Å². The van der Waals surface area contributed by atoms with E-state index in [0.29, 0.717) is 18.8 Å². The van der Waals surface area contributed by atoms with Crippen LogP contribution in [0.15, 0.2) is 39.3 Å². The van der Waals surface area contributed by atoms with Gasteiger partial charge in [0.25, 0.3) is 0 Å². The first-order valence-corrected chi connectivity index (χ1v) is 6.66. The Hall–Kier alpha value is -1.82. The van der Waals surface area contributed by atoms with Crippen LogP contribution in [0.1, 0.15) is 12.2 Å². The zero-order chi connectivity index (χ0) is 13.7. The number of nitrogens with one attached hydrogen (secondary N) is 2. The minimum atomic E-state index is -0.0559. The molecule has 5 nitrogen and oxygen atoms in total. The maximum absolute atomic E-state index is 11.7. The van der Waals surface area contributed by atoms with E-state index in [9.17, 15) is 4.79 Å². The van der Waals surface area contributed by atoms with Crippen LogP contribution in [0.4, 0.5) is 11.5 Å². The second-order valence-corrected chi connectivity index (χ2v) is 4.88. The van der Waals surface area contributed by atoms with Gasteiger partial charge in [0.2, 0.25) is 5.91 Å². The summed E-state index contributed by atoms with van der Waals surface area (Å²) in [7, 11) is 0. The summed E-state index contributed by atoms with van der Waals surface area (Å²) in [6.07, 6.45) is 0.354. The summed E-state index contributed by atoms with van der Waals surface area (Å²) >= 11 is 3.38. The van der Waals surface area contributed by atoms with Gasteiger partial charge in [-0.2, -0.15) is 0 Å². The summed E-state index contributed by atoms with van der Waals surface area (Å²) in [5, 5.41) is 9.64. The third kappa shape index (κ3) is 4.10. The third-order valence-electron chi connectivity index (χ3n) is 2.43. The molecule has 2 rings (SSSR count). The average Bonchev–Trinajstić information content (AvgIpc) is 2.78. The number of hydrogen-bond donors (Lipinski definition) is 2. The fraction of sp³-hybridized carbons (Fsp3) is 0.231. The molecule has 0 fully saturated rings. The molecule has 2 aromatic rings. The van der Waals surface area contributed by atoms with Crippen LogP contribution < -0.4 is 10.6 Å². The first kappa shape index (κ1) is 13.6. The number of para-hydroxylation sites is 1. The Morgan fingerprint density at radius 2 is 2.21 bits per heavy atom. The molecular formula is C13H14BrN3O2. The number of nitrogens with zero attached hydrogens (tertiary/aromatic N) is 1. The molecule has 19 heavy (non-hydrogen) atoms. The zero-order valence-corrected chi connectivity index (χ0v) is 12.0. The van der Waals surface area contributed by atoms with Crippen LogP contribution >= 0.6 is 15.9 Å². The smallest absolute Gasteiger partial charge is 0.226 e. The number of amides is 1. The molecule has 0 bridgehead atoms. The molecule has 1 amide bonds. The van der Waals surface area contributed by atoms with Crippen LogP contribution in [0.2, 0.25) is 0 Å². The molecule has 0 saturated carbocycles. The molecule has 2 N–H and O–H groups in total. The number of aromatic nitrogens is 1. The lowest BCUT2D eigenvalue weighted by Gasteiger charge is -2.07. The van der Waals surface area contributed by atoms with E-state index in [1.807, 2.05) is 31.2 Å². The van der Waals surface area contributed by atoms with Crippen LogP contribution in [0.5, 0.6) is 0 Å². The van der Waals surface area contributed by atoms with Gasteiger partial charge in [0, 0.05) is 23.5 Å². The van der Waals surface area contributed by atoms with Gasteiger partial charge in [-0.1, -0.05) is 17.3 Å². The van der Waals surface area contributed by atoms with E-state index in [4.69, 9.17) is 4.52 Å². The van der Waals surface area contributed by atoms with Crippen molar-refractivity contribution in [3.63, 3.8) is 0 Å². The minimum Gasteiger partial charge on any atom is -0.367 e. The Kier molecular flexibility index (Phi) is 4.57. The van der Waals surface area contributed by atoms with E-state index in [-0.39, 0.29) is 5.91 Å². The van der Waals surface area contributed by atoms with E-state index in [1.54, 1.807) is 6.07 Å². The van der Waals surface area contributed by atoms with Crippen molar-refractivity contribution in [1.29, 1.82) is 0 Å². The molecule has 1 aromatic heterocycles.